The fourth-order valence-corrected chi connectivity index (χ4v) is 1.95. The maximum atomic E-state index is 10.6. The van der Waals surface area contributed by atoms with E-state index in [0.717, 1.165) is 12.8 Å². The van der Waals surface area contributed by atoms with Gasteiger partial charge >= 0.3 is 0 Å². The molecule has 0 radical (unpaired) electrons. The molecule has 1 heterocycles. The first kappa shape index (κ1) is 7.66. The highest BCUT2D eigenvalue weighted by molar-refractivity contribution is 8.04. The number of hydrogen-bond donors (Lipinski definition) is 1. The second kappa shape index (κ2) is 3.10. The molecule has 0 saturated carbocycles. The lowest BCUT2D eigenvalue weighted by atomic mass is 10.2. The summed E-state index contributed by atoms with van der Waals surface area (Å²) in [5.74, 6) is -0.190. The summed E-state index contributed by atoms with van der Waals surface area (Å²) in [7, 11) is 0. The van der Waals surface area contributed by atoms with E-state index in [2.05, 4.69) is 13.0 Å². The van der Waals surface area contributed by atoms with Crippen molar-refractivity contribution >= 4 is 17.7 Å². The van der Waals surface area contributed by atoms with Gasteiger partial charge in [-0.15, -0.1) is 11.8 Å². The van der Waals surface area contributed by atoms with Crippen LogP contribution in [-0.4, -0.2) is 11.2 Å². The van der Waals surface area contributed by atoms with Crippen LogP contribution in [-0.2, 0) is 4.79 Å². The quantitative estimate of drug-likeness (QED) is 0.656. The number of hydrogen-bond acceptors (Lipinski definition) is 2. The molecule has 0 saturated heterocycles. The molecule has 0 aromatic heterocycles. The van der Waals surface area contributed by atoms with Crippen molar-refractivity contribution in [3.05, 3.63) is 11.0 Å². The lowest BCUT2D eigenvalue weighted by Crippen LogP contribution is -2.23. The van der Waals surface area contributed by atoms with Crippen LogP contribution in [0.2, 0.25) is 0 Å². The minimum absolute atomic E-state index is 0.00921. The topological polar surface area (TPSA) is 43.1 Å². The predicted molar refractivity (Wildman–Crippen MR) is 43.6 cm³/mol. The Morgan fingerprint density at radius 3 is 3.00 bits per heavy atom. The normalized spacial score (nSPS) is 24.5. The Labute approximate surface area is 64.9 Å². The fourth-order valence-electron chi connectivity index (χ4n) is 0.919. The summed E-state index contributed by atoms with van der Waals surface area (Å²) < 4.78 is 0. The molecule has 10 heavy (non-hydrogen) atoms. The Balaban J connectivity index is 2.43. The van der Waals surface area contributed by atoms with Crippen molar-refractivity contribution in [2.45, 2.75) is 25.0 Å². The highest BCUT2D eigenvalue weighted by Gasteiger charge is 2.20. The first-order valence-corrected chi connectivity index (χ1v) is 4.27. The van der Waals surface area contributed by atoms with Crippen LogP contribution in [0, 0.1) is 0 Å². The summed E-state index contributed by atoms with van der Waals surface area (Å²) >= 11 is 1.61. The van der Waals surface area contributed by atoms with Crippen LogP contribution in [0.25, 0.3) is 0 Å². The minimum atomic E-state index is -0.190. The van der Waals surface area contributed by atoms with E-state index in [-0.39, 0.29) is 11.2 Å². The summed E-state index contributed by atoms with van der Waals surface area (Å²) in [4.78, 5) is 11.9. The number of carbonyl (C=O) groups excluding carboxylic acids is 1. The predicted octanol–water partition coefficient (Wildman–Crippen LogP) is 1.27. The molecule has 2 nitrogen and oxygen atoms in total. The SMILES string of the molecule is CCC1=CCC(C(N)=O)S1. The summed E-state index contributed by atoms with van der Waals surface area (Å²) in [6.07, 6.45) is 3.94. The third-order valence-electron chi connectivity index (χ3n) is 1.52. The molecule has 3 heteroatoms. The van der Waals surface area contributed by atoms with Crippen molar-refractivity contribution in [3.8, 4) is 0 Å². The lowest BCUT2D eigenvalue weighted by molar-refractivity contribution is -0.117. The third-order valence-corrected chi connectivity index (χ3v) is 2.99. The van der Waals surface area contributed by atoms with Gasteiger partial charge in [-0.2, -0.15) is 0 Å². The molecule has 0 bridgehead atoms. The number of amides is 1. The maximum absolute atomic E-state index is 10.6. The van der Waals surface area contributed by atoms with E-state index in [1.165, 1.54) is 4.91 Å². The molecular weight excluding hydrogens is 146 g/mol. The van der Waals surface area contributed by atoms with Gasteiger partial charge in [0.2, 0.25) is 5.91 Å². The number of rotatable bonds is 2. The van der Waals surface area contributed by atoms with Crippen molar-refractivity contribution in [1.82, 2.24) is 0 Å². The number of allylic oxidation sites excluding steroid dienone is 2. The van der Waals surface area contributed by atoms with Gasteiger partial charge in [0.05, 0.1) is 5.25 Å². The molecule has 1 rings (SSSR count). The second-order valence-corrected chi connectivity index (χ2v) is 3.60. The van der Waals surface area contributed by atoms with Crippen LogP contribution in [0.1, 0.15) is 19.8 Å². The van der Waals surface area contributed by atoms with E-state index >= 15 is 0 Å². The van der Waals surface area contributed by atoms with E-state index in [1.54, 1.807) is 11.8 Å². The average molecular weight is 157 g/mol. The molecule has 1 unspecified atom stereocenters. The Kier molecular flexibility index (Phi) is 2.38. The zero-order valence-electron chi connectivity index (χ0n) is 5.96. The van der Waals surface area contributed by atoms with Gasteiger partial charge < -0.3 is 5.73 Å². The zero-order valence-corrected chi connectivity index (χ0v) is 6.78. The highest BCUT2D eigenvalue weighted by Crippen LogP contribution is 2.33. The standard InChI is InChI=1S/C7H11NOS/c1-2-5-3-4-6(10-5)7(8)9/h3,6H,2,4H2,1H3,(H2,8,9). The summed E-state index contributed by atoms with van der Waals surface area (Å²) in [6, 6.07) is 0. The van der Waals surface area contributed by atoms with Crippen LogP contribution >= 0.6 is 11.8 Å². The Morgan fingerprint density at radius 2 is 2.70 bits per heavy atom. The molecule has 0 fully saturated rings. The van der Waals surface area contributed by atoms with Crippen LogP contribution < -0.4 is 5.73 Å². The summed E-state index contributed by atoms with van der Waals surface area (Å²) in [5, 5.41) is 0.00921. The van der Waals surface area contributed by atoms with Crippen molar-refractivity contribution in [2.75, 3.05) is 0 Å². The van der Waals surface area contributed by atoms with Gasteiger partial charge in [0, 0.05) is 0 Å². The molecule has 1 aliphatic rings. The monoisotopic (exact) mass is 157 g/mol. The van der Waals surface area contributed by atoms with Crippen LogP contribution in [0.3, 0.4) is 0 Å². The lowest BCUT2D eigenvalue weighted by Gasteiger charge is -2.02. The Morgan fingerprint density at radius 1 is 2.00 bits per heavy atom. The molecule has 0 aromatic carbocycles. The highest BCUT2D eigenvalue weighted by atomic mass is 32.2. The molecule has 1 aliphatic heterocycles. The van der Waals surface area contributed by atoms with Crippen LogP contribution in [0.15, 0.2) is 11.0 Å². The molecule has 0 aliphatic carbocycles. The van der Waals surface area contributed by atoms with E-state index < -0.39 is 0 Å². The van der Waals surface area contributed by atoms with Crippen molar-refractivity contribution < 1.29 is 4.79 Å². The van der Waals surface area contributed by atoms with Gasteiger partial charge in [0.15, 0.2) is 0 Å². The van der Waals surface area contributed by atoms with Gasteiger partial charge in [0.1, 0.15) is 0 Å². The zero-order chi connectivity index (χ0) is 7.56. The van der Waals surface area contributed by atoms with E-state index in [1.807, 2.05) is 0 Å². The van der Waals surface area contributed by atoms with E-state index in [9.17, 15) is 4.79 Å². The largest absolute Gasteiger partial charge is 0.369 e. The maximum Gasteiger partial charge on any atom is 0.231 e. The van der Waals surface area contributed by atoms with Gasteiger partial charge in [0.25, 0.3) is 0 Å². The molecular formula is C7H11NOS. The molecule has 0 spiro atoms. The Hall–Kier alpha value is -0.440. The molecule has 1 amide bonds. The Bertz CT molecular complexity index is 176. The van der Waals surface area contributed by atoms with Crippen molar-refractivity contribution in [3.63, 3.8) is 0 Å². The van der Waals surface area contributed by atoms with Gasteiger partial charge in [-0.1, -0.05) is 13.0 Å². The van der Waals surface area contributed by atoms with Gasteiger partial charge in [-0.3, -0.25) is 4.79 Å². The number of carbonyl (C=O) groups is 1. The third kappa shape index (κ3) is 1.53. The number of nitrogens with two attached hydrogens (primary N) is 1. The van der Waals surface area contributed by atoms with E-state index in [4.69, 9.17) is 5.73 Å². The molecule has 0 aromatic rings. The molecule has 1 atom stereocenters. The second-order valence-electron chi connectivity index (χ2n) is 2.27. The average Bonchev–Trinajstić information content (AvgIpc) is 2.34. The van der Waals surface area contributed by atoms with Crippen LogP contribution in [0.4, 0.5) is 0 Å². The summed E-state index contributed by atoms with van der Waals surface area (Å²) in [5.41, 5.74) is 5.12. The van der Waals surface area contributed by atoms with Crippen molar-refractivity contribution in [1.29, 1.82) is 0 Å². The van der Waals surface area contributed by atoms with Crippen LogP contribution in [0.5, 0.6) is 0 Å². The summed E-state index contributed by atoms with van der Waals surface area (Å²) in [6.45, 7) is 2.09. The van der Waals surface area contributed by atoms with E-state index in [0.29, 0.717) is 0 Å². The molecule has 2 N–H and O–H groups in total. The smallest absolute Gasteiger partial charge is 0.231 e. The first-order valence-electron chi connectivity index (χ1n) is 3.39. The first-order chi connectivity index (χ1) is 4.74. The minimum Gasteiger partial charge on any atom is -0.369 e. The fraction of sp³-hybridized carbons (Fsp3) is 0.571. The number of primary amides is 1. The number of thioether (sulfide) groups is 1. The molecule has 56 valence electrons. The van der Waals surface area contributed by atoms with Gasteiger partial charge in [-0.25, -0.2) is 0 Å². The van der Waals surface area contributed by atoms with Crippen molar-refractivity contribution in [2.24, 2.45) is 5.73 Å². The van der Waals surface area contributed by atoms with Gasteiger partial charge in [-0.05, 0) is 17.7 Å².